The number of aromatic nitrogens is 4. The number of rotatable bonds is 1. The molecule has 0 aromatic carbocycles. The number of carbonyl (C=O) groups is 1. The maximum Gasteiger partial charge on any atom is 0.376 e. The third-order valence-corrected chi connectivity index (χ3v) is 1.65. The summed E-state index contributed by atoms with van der Waals surface area (Å²) in [5, 5.41) is 7.30. The summed E-state index contributed by atoms with van der Waals surface area (Å²) >= 11 is 0. The van der Waals surface area contributed by atoms with Crippen molar-refractivity contribution in [3.63, 3.8) is 0 Å². The van der Waals surface area contributed by atoms with Gasteiger partial charge in [-0.15, -0.1) is 10.2 Å². The lowest BCUT2D eigenvalue weighted by molar-refractivity contribution is 0.0585. The number of nitrogens with zero attached hydrogens (tertiary/aromatic N) is 4. The summed E-state index contributed by atoms with van der Waals surface area (Å²) in [6, 6.07) is 0. The fourth-order valence-corrected chi connectivity index (χ4v) is 1.04. The fraction of sp³-hybridized carbons (Fsp3) is 0.143. The van der Waals surface area contributed by atoms with E-state index in [1.807, 2.05) is 0 Å². The molecule has 2 aromatic heterocycles. The van der Waals surface area contributed by atoms with E-state index < -0.39 is 5.97 Å². The van der Waals surface area contributed by atoms with Crippen LogP contribution in [-0.2, 0) is 4.74 Å². The zero-order valence-electron chi connectivity index (χ0n) is 7.34. The van der Waals surface area contributed by atoms with Crippen LogP contribution in [0, 0.1) is 0 Å². The highest BCUT2D eigenvalue weighted by Crippen LogP contribution is 2.05. The van der Waals surface area contributed by atoms with Crippen LogP contribution in [0.4, 0.5) is 5.69 Å². The van der Waals surface area contributed by atoms with E-state index in [2.05, 4.69) is 19.9 Å². The van der Waals surface area contributed by atoms with Crippen LogP contribution in [0.25, 0.3) is 5.78 Å². The SMILES string of the molecule is COC(=O)c1nnc2ncc(N)cn12. The van der Waals surface area contributed by atoms with Gasteiger partial charge >= 0.3 is 5.97 Å². The fourth-order valence-electron chi connectivity index (χ4n) is 1.04. The summed E-state index contributed by atoms with van der Waals surface area (Å²) in [4.78, 5) is 15.1. The van der Waals surface area contributed by atoms with Crippen LogP contribution >= 0.6 is 0 Å². The Morgan fingerprint density at radius 3 is 3.07 bits per heavy atom. The van der Waals surface area contributed by atoms with Crippen LogP contribution in [0.3, 0.4) is 0 Å². The number of nitrogens with two attached hydrogens (primary N) is 1. The second-order valence-corrected chi connectivity index (χ2v) is 2.57. The predicted molar refractivity (Wildman–Crippen MR) is 46.5 cm³/mol. The Morgan fingerprint density at radius 2 is 2.36 bits per heavy atom. The largest absolute Gasteiger partial charge is 0.463 e. The Labute approximate surface area is 78.5 Å². The highest BCUT2D eigenvalue weighted by atomic mass is 16.5. The standard InChI is InChI=1S/C7H7N5O2/c1-14-6(13)5-10-11-7-9-2-4(8)3-12(5)7/h2-3H,8H2,1H3. The van der Waals surface area contributed by atoms with E-state index >= 15 is 0 Å². The molecular formula is C7H7N5O2. The number of esters is 1. The van der Waals surface area contributed by atoms with Crippen LogP contribution in [0.15, 0.2) is 12.4 Å². The van der Waals surface area contributed by atoms with Gasteiger partial charge in [-0.3, -0.25) is 4.40 Å². The van der Waals surface area contributed by atoms with Crippen molar-refractivity contribution in [2.75, 3.05) is 12.8 Å². The van der Waals surface area contributed by atoms with Crippen molar-refractivity contribution >= 4 is 17.4 Å². The zero-order chi connectivity index (χ0) is 10.1. The molecule has 0 aliphatic carbocycles. The lowest BCUT2D eigenvalue weighted by Crippen LogP contribution is -2.07. The molecule has 0 saturated heterocycles. The second kappa shape index (κ2) is 2.95. The highest BCUT2D eigenvalue weighted by Gasteiger charge is 2.14. The van der Waals surface area contributed by atoms with Crippen molar-refractivity contribution in [1.29, 1.82) is 0 Å². The van der Waals surface area contributed by atoms with Crippen LogP contribution < -0.4 is 5.73 Å². The van der Waals surface area contributed by atoms with Gasteiger partial charge in [-0.2, -0.15) is 0 Å². The molecule has 7 nitrogen and oxygen atoms in total. The topological polar surface area (TPSA) is 95.4 Å². The summed E-state index contributed by atoms with van der Waals surface area (Å²) < 4.78 is 5.89. The molecule has 2 aromatic rings. The molecule has 2 rings (SSSR count). The summed E-state index contributed by atoms with van der Waals surface area (Å²) in [6.07, 6.45) is 2.94. The van der Waals surface area contributed by atoms with Crippen LogP contribution in [0.1, 0.15) is 10.6 Å². The van der Waals surface area contributed by atoms with Gasteiger partial charge in [-0.25, -0.2) is 9.78 Å². The molecule has 0 aliphatic heterocycles. The van der Waals surface area contributed by atoms with Gasteiger partial charge in [-0.05, 0) is 0 Å². The van der Waals surface area contributed by atoms with E-state index in [0.717, 1.165) is 0 Å². The number of carbonyl (C=O) groups excluding carboxylic acids is 1. The Hall–Kier alpha value is -2.18. The highest BCUT2D eigenvalue weighted by molar-refractivity contribution is 5.86. The smallest absolute Gasteiger partial charge is 0.376 e. The van der Waals surface area contributed by atoms with E-state index in [9.17, 15) is 4.79 Å². The van der Waals surface area contributed by atoms with Crippen molar-refractivity contribution in [3.8, 4) is 0 Å². The number of fused-ring (bicyclic) bond motifs is 1. The molecule has 0 spiro atoms. The van der Waals surface area contributed by atoms with E-state index in [4.69, 9.17) is 5.73 Å². The van der Waals surface area contributed by atoms with Crippen molar-refractivity contribution < 1.29 is 9.53 Å². The second-order valence-electron chi connectivity index (χ2n) is 2.57. The average molecular weight is 193 g/mol. The van der Waals surface area contributed by atoms with Crippen LogP contribution in [-0.4, -0.2) is 32.7 Å². The number of nitrogen functional groups attached to an aromatic ring is 1. The minimum absolute atomic E-state index is 0.0577. The molecule has 0 fully saturated rings. The molecule has 0 saturated carbocycles. The number of methoxy groups -OCH3 is 1. The Bertz CT molecular complexity index is 492. The first-order valence-corrected chi connectivity index (χ1v) is 3.77. The minimum Gasteiger partial charge on any atom is -0.463 e. The first-order chi connectivity index (χ1) is 6.72. The van der Waals surface area contributed by atoms with Gasteiger partial charge in [-0.1, -0.05) is 0 Å². The molecule has 0 radical (unpaired) electrons. The third-order valence-electron chi connectivity index (χ3n) is 1.65. The molecule has 2 N–H and O–H groups in total. The van der Waals surface area contributed by atoms with Gasteiger partial charge in [0.15, 0.2) is 0 Å². The number of anilines is 1. The maximum absolute atomic E-state index is 11.2. The molecular weight excluding hydrogens is 186 g/mol. The lowest BCUT2D eigenvalue weighted by Gasteiger charge is -1.97. The Kier molecular flexibility index (Phi) is 1.77. The average Bonchev–Trinajstić information content (AvgIpc) is 2.59. The predicted octanol–water partition coefficient (Wildman–Crippen LogP) is -0.507. The van der Waals surface area contributed by atoms with Gasteiger partial charge in [0.2, 0.25) is 5.82 Å². The normalized spacial score (nSPS) is 10.4. The van der Waals surface area contributed by atoms with E-state index in [-0.39, 0.29) is 5.82 Å². The molecule has 0 atom stereocenters. The van der Waals surface area contributed by atoms with Gasteiger partial charge in [0.25, 0.3) is 5.78 Å². The van der Waals surface area contributed by atoms with Crippen molar-refractivity contribution in [2.24, 2.45) is 0 Å². The van der Waals surface area contributed by atoms with Gasteiger partial charge < -0.3 is 10.5 Å². The lowest BCUT2D eigenvalue weighted by atomic mass is 10.5. The Balaban J connectivity index is 2.67. The molecule has 14 heavy (non-hydrogen) atoms. The molecule has 7 heteroatoms. The number of ether oxygens (including phenoxy) is 1. The molecule has 0 bridgehead atoms. The summed E-state index contributed by atoms with van der Waals surface area (Å²) in [7, 11) is 1.27. The monoisotopic (exact) mass is 193 g/mol. The summed E-state index contributed by atoms with van der Waals surface area (Å²) in [5.74, 6) is -0.216. The zero-order valence-corrected chi connectivity index (χ0v) is 7.34. The van der Waals surface area contributed by atoms with Crippen LogP contribution in [0.5, 0.6) is 0 Å². The van der Waals surface area contributed by atoms with Gasteiger partial charge in [0.1, 0.15) is 0 Å². The van der Waals surface area contributed by atoms with Gasteiger partial charge in [0, 0.05) is 6.20 Å². The maximum atomic E-state index is 11.2. The van der Waals surface area contributed by atoms with Crippen LogP contribution in [0.2, 0.25) is 0 Å². The third kappa shape index (κ3) is 1.15. The molecule has 0 amide bonds. The number of hydrogen-bond acceptors (Lipinski definition) is 6. The summed E-state index contributed by atoms with van der Waals surface area (Å²) in [6.45, 7) is 0. The van der Waals surface area contributed by atoms with Gasteiger partial charge in [0.05, 0.1) is 19.0 Å². The van der Waals surface area contributed by atoms with Crippen molar-refractivity contribution in [2.45, 2.75) is 0 Å². The Morgan fingerprint density at radius 1 is 1.57 bits per heavy atom. The van der Waals surface area contributed by atoms with Crippen molar-refractivity contribution in [3.05, 3.63) is 18.2 Å². The van der Waals surface area contributed by atoms with E-state index in [0.29, 0.717) is 11.5 Å². The minimum atomic E-state index is -0.579. The first kappa shape index (κ1) is 8.42. The summed E-state index contributed by atoms with van der Waals surface area (Å²) in [5.41, 5.74) is 5.92. The number of hydrogen-bond donors (Lipinski definition) is 1. The molecule has 0 unspecified atom stereocenters. The van der Waals surface area contributed by atoms with Crippen molar-refractivity contribution in [1.82, 2.24) is 19.6 Å². The quantitative estimate of drug-likeness (QED) is 0.613. The van der Waals surface area contributed by atoms with E-state index in [1.54, 1.807) is 0 Å². The molecule has 72 valence electrons. The van der Waals surface area contributed by atoms with E-state index in [1.165, 1.54) is 23.9 Å². The molecule has 2 heterocycles. The first-order valence-electron chi connectivity index (χ1n) is 3.77. The molecule has 0 aliphatic rings.